The number of likely N-dealkylation sites (tertiary alicyclic amines) is 2. The predicted octanol–water partition coefficient (Wildman–Crippen LogP) is 4.33. The van der Waals surface area contributed by atoms with E-state index in [0.717, 1.165) is 37.8 Å². The van der Waals surface area contributed by atoms with Crippen LogP contribution in [0.4, 0.5) is 13.2 Å². The molecular formula is C25H30F3N3O3. The number of halogens is 3. The average molecular weight is 478 g/mol. The second-order valence-corrected chi connectivity index (χ2v) is 9.10. The Morgan fingerprint density at radius 2 is 1.88 bits per heavy atom. The molecule has 0 aliphatic carbocycles. The maximum atomic E-state index is 13.3. The van der Waals surface area contributed by atoms with E-state index in [1.807, 2.05) is 11.8 Å². The molecule has 2 saturated heterocycles. The van der Waals surface area contributed by atoms with Crippen molar-refractivity contribution in [2.45, 2.75) is 58.0 Å². The van der Waals surface area contributed by atoms with E-state index < -0.39 is 6.36 Å². The topological polar surface area (TPSA) is 65.9 Å². The van der Waals surface area contributed by atoms with Crippen molar-refractivity contribution in [3.8, 4) is 17.0 Å². The van der Waals surface area contributed by atoms with Gasteiger partial charge in [0, 0.05) is 30.7 Å². The molecule has 2 aromatic rings. The highest BCUT2D eigenvalue weighted by molar-refractivity contribution is 5.97. The highest BCUT2D eigenvalue weighted by atomic mass is 19.4. The van der Waals surface area contributed by atoms with Gasteiger partial charge in [-0.05, 0) is 69.8 Å². The minimum atomic E-state index is -4.77. The number of nitrogens with zero attached hydrogens (tertiary/aromatic N) is 3. The monoisotopic (exact) mass is 477 g/mol. The third kappa shape index (κ3) is 5.36. The standard InChI is InChI=1S/C25H30F3N3O3/c1-16-13-22(18-5-3-7-21(14-18)34-25(26,27)28)29-17(2)23(16)24(33)30-11-8-19(9-12-30)31-10-4-6-20(31)15-32/h3,5,7,13-14,19-20,32H,4,6,8-12,15H2,1-2H3. The first-order chi connectivity index (χ1) is 16.2. The van der Waals surface area contributed by atoms with Crippen LogP contribution in [-0.2, 0) is 0 Å². The summed E-state index contributed by atoms with van der Waals surface area (Å²) in [7, 11) is 0. The van der Waals surface area contributed by atoms with Crippen molar-refractivity contribution in [1.82, 2.24) is 14.8 Å². The van der Waals surface area contributed by atoms with Gasteiger partial charge < -0.3 is 14.7 Å². The molecule has 1 N–H and O–H groups in total. The maximum Gasteiger partial charge on any atom is 0.573 e. The van der Waals surface area contributed by atoms with E-state index in [9.17, 15) is 23.1 Å². The van der Waals surface area contributed by atoms with E-state index in [0.29, 0.717) is 41.6 Å². The van der Waals surface area contributed by atoms with Gasteiger partial charge >= 0.3 is 6.36 Å². The molecule has 0 spiro atoms. The maximum absolute atomic E-state index is 13.3. The zero-order valence-corrected chi connectivity index (χ0v) is 19.4. The highest BCUT2D eigenvalue weighted by Gasteiger charge is 2.34. The van der Waals surface area contributed by atoms with E-state index in [-0.39, 0.29) is 24.3 Å². The summed E-state index contributed by atoms with van der Waals surface area (Å²) < 4.78 is 41.8. The van der Waals surface area contributed by atoms with Gasteiger partial charge in [-0.15, -0.1) is 13.2 Å². The molecule has 1 amide bonds. The smallest absolute Gasteiger partial charge is 0.406 e. The number of ether oxygens (including phenoxy) is 1. The predicted molar refractivity (Wildman–Crippen MR) is 122 cm³/mol. The van der Waals surface area contributed by atoms with Crippen LogP contribution in [0.5, 0.6) is 5.75 Å². The molecular weight excluding hydrogens is 447 g/mol. The summed E-state index contributed by atoms with van der Waals surface area (Å²) in [6.45, 7) is 6.06. The molecule has 184 valence electrons. The van der Waals surface area contributed by atoms with Gasteiger partial charge in [-0.2, -0.15) is 0 Å². The fourth-order valence-electron chi connectivity index (χ4n) is 5.25. The highest BCUT2D eigenvalue weighted by Crippen LogP contribution is 2.30. The molecule has 9 heteroatoms. The summed E-state index contributed by atoms with van der Waals surface area (Å²) >= 11 is 0. The van der Waals surface area contributed by atoms with Crippen molar-refractivity contribution < 1.29 is 27.8 Å². The number of pyridine rings is 1. The number of alkyl halides is 3. The first-order valence-corrected chi connectivity index (χ1v) is 11.7. The van der Waals surface area contributed by atoms with Crippen LogP contribution in [-0.4, -0.2) is 70.5 Å². The number of carbonyl (C=O) groups excluding carboxylic acids is 1. The number of amides is 1. The quantitative estimate of drug-likeness (QED) is 0.695. The Morgan fingerprint density at radius 1 is 1.15 bits per heavy atom. The molecule has 1 unspecified atom stereocenters. The van der Waals surface area contributed by atoms with Crippen molar-refractivity contribution >= 4 is 5.91 Å². The summed E-state index contributed by atoms with van der Waals surface area (Å²) in [6, 6.07) is 8.02. The molecule has 1 aromatic heterocycles. The molecule has 3 heterocycles. The lowest BCUT2D eigenvalue weighted by Gasteiger charge is -2.39. The largest absolute Gasteiger partial charge is 0.573 e. The normalized spacial score (nSPS) is 20.1. The van der Waals surface area contributed by atoms with Crippen LogP contribution in [0.25, 0.3) is 11.3 Å². The summed E-state index contributed by atoms with van der Waals surface area (Å²) in [5, 5.41) is 9.62. The molecule has 4 rings (SSSR count). The second kappa shape index (κ2) is 9.92. The number of benzene rings is 1. The number of aliphatic hydroxyl groups is 1. The first kappa shape index (κ1) is 24.5. The molecule has 2 aliphatic heterocycles. The minimum Gasteiger partial charge on any atom is -0.406 e. The zero-order valence-electron chi connectivity index (χ0n) is 19.4. The summed E-state index contributed by atoms with van der Waals surface area (Å²) in [5.41, 5.74) is 2.79. The Hall–Kier alpha value is -2.65. The zero-order chi connectivity index (χ0) is 24.5. The molecule has 0 radical (unpaired) electrons. The van der Waals surface area contributed by atoms with Gasteiger partial charge in [0.25, 0.3) is 5.91 Å². The third-order valence-electron chi connectivity index (χ3n) is 6.83. The second-order valence-electron chi connectivity index (χ2n) is 9.10. The van der Waals surface area contributed by atoms with E-state index in [4.69, 9.17) is 0 Å². The molecule has 0 bridgehead atoms. The number of piperidine rings is 1. The van der Waals surface area contributed by atoms with Crippen LogP contribution < -0.4 is 4.74 Å². The van der Waals surface area contributed by atoms with Crippen LogP contribution in [0.1, 0.15) is 47.3 Å². The summed E-state index contributed by atoms with van der Waals surface area (Å²) in [4.78, 5) is 22.1. The fraction of sp³-hybridized carbons (Fsp3) is 0.520. The number of carbonyl (C=O) groups is 1. The Morgan fingerprint density at radius 3 is 2.53 bits per heavy atom. The number of aryl methyl sites for hydroxylation is 2. The SMILES string of the molecule is Cc1cc(-c2cccc(OC(F)(F)F)c2)nc(C)c1C(=O)N1CCC(N2CCCC2CO)CC1. The molecule has 1 aromatic carbocycles. The van der Waals surface area contributed by atoms with Gasteiger partial charge in [-0.3, -0.25) is 14.7 Å². The Balaban J connectivity index is 1.47. The number of aromatic nitrogens is 1. The minimum absolute atomic E-state index is 0.0678. The van der Waals surface area contributed by atoms with Crippen LogP contribution in [0.2, 0.25) is 0 Å². The Labute approximate surface area is 197 Å². The number of hydrogen-bond donors (Lipinski definition) is 1. The van der Waals surface area contributed by atoms with Crippen molar-refractivity contribution in [2.75, 3.05) is 26.2 Å². The van der Waals surface area contributed by atoms with Crippen LogP contribution >= 0.6 is 0 Å². The van der Waals surface area contributed by atoms with Crippen molar-refractivity contribution in [2.24, 2.45) is 0 Å². The van der Waals surface area contributed by atoms with E-state index >= 15 is 0 Å². The molecule has 2 fully saturated rings. The lowest BCUT2D eigenvalue weighted by Crippen LogP contribution is -2.49. The van der Waals surface area contributed by atoms with Gasteiger partial charge in [-0.25, -0.2) is 0 Å². The van der Waals surface area contributed by atoms with Crippen molar-refractivity contribution in [1.29, 1.82) is 0 Å². The van der Waals surface area contributed by atoms with Crippen LogP contribution in [0.3, 0.4) is 0 Å². The van der Waals surface area contributed by atoms with Gasteiger partial charge in [-0.1, -0.05) is 12.1 Å². The Kier molecular flexibility index (Phi) is 7.14. The van der Waals surface area contributed by atoms with E-state index in [1.165, 1.54) is 18.2 Å². The van der Waals surface area contributed by atoms with E-state index in [2.05, 4.69) is 14.6 Å². The molecule has 1 atom stereocenters. The lowest BCUT2D eigenvalue weighted by atomic mass is 9.99. The lowest BCUT2D eigenvalue weighted by molar-refractivity contribution is -0.274. The molecule has 2 aliphatic rings. The molecule has 0 saturated carbocycles. The number of rotatable bonds is 5. The summed E-state index contributed by atoms with van der Waals surface area (Å²) in [6.07, 6.45) is -0.894. The third-order valence-corrected chi connectivity index (χ3v) is 6.83. The van der Waals surface area contributed by atoms with Crippen molar-refractivity contribution in [3.05, 3.63) is 47.2 Å². The number of hydrogen-bond acceptors (Lipinski definition) is 5. The molecule has 6 nitrogen and oxygen atoms in total. The Bertz CT molecular complexity index is 1010. The fourth-order valence-corrected chi connectivity index (χ4v) is 5.25. The summed E-state index contributed by atoms with van der Waals surface area (Å²) in [5.74, 6) is -0.381. The van der Waals surface area contributed by atoms with Crippen LogP contribution in [0.15, 0.2) is 30.3 Å². The average Bonchev–Trinajstić information content (AvgIpc) is 3.26. The van der Waals surface area contributed by atoms with Gasteiger partial charge in [0.05, 0.1) is 23.6 Å². The molecule has 34 heavy (non-hydrogen) atoms. The van der Waals surface area contributed by atoms with E-state index in [1.54, 1.807) is 19.1 Å². The van der Waals surface area contributed by atoms with Crippen molar-refractivity contribution in [3.63, 3.8) is 0 Å². The van der Waals surface area contributed by atoms with Gasteiger partial charge in [0.15, 0.2) is 0 Å². The van der Waals surface area contributed by atoms with Crippen LogP contribution in [0, 0.1) is 13.8 Å². The first-order valence-electron chi connectivity index (χ1n) is 11.7. The van der Waals surface area contributed by atoms with Gasteiger partial charge in [0.1, 0.15) is 5.75 Å². The van der Waals surface area contributed by atoms with Gasteiger partial charge in [0.2, 0.25) is 0 Å². The number of aliphatic hydroxyl groups excluding tert-OH is 1.